The van der Waals surface area contributed by atoms with Gasteiger partial charge in [-0.05, 0) is 46.2 Å². The van der Waals surface area contributed by atoms with Crippen LogP contribution < -0.4 is 10.2 Å². The molecule has 5 heteroatoms. The summed E-state index contributed by atoms with van der Waals surface area (Å²) in [5.41, 5.74) is 5.42. The van der Waals surface area contributed by atoms with Gasteiger partial charge < -0.3 is 4.74 Å². The number of nitrogens with one attached hydrogen (secondary N) is 1. The number of carbonyl (C=O) groups excluding carboxylic acids is 2. The maximum Gasteiger partial charge on any atom is 0.244 e. The van der Waals surface area contributed by atoms with Crippen molar-refractivity contribution >= 4 is 28.2 Å². The number of Topliss-reactive ketones (excluding diaryl/α,β-unsaturated/α-hetero) is 1. The predicted octanol–water partition coefficient (Wildman–Crippen LogP) is 5.18. The molecule has 1 amide bonds. The minimum Gasteiger partial charge on any atom is -0.497 e. The Hall–Kier alpha value is -4.25. The highest BCUT2D eigenvalue weighted by atomic mass is 16.5. The zero-order valence-corrected chi connectivity index (χ0v) is 18.3. The molecule has 0 saturated carbocycles. The third kappa shape index (κ3) is 5.52. The smallest absolute Gasteiger partial charge is 0.244 e. The van der Waals surface area contributed by atoms with E-state index in [0.717, 1.165) is 21.9 Å². The first kappa shape index (κ1) is 22.0. The van der Waals surface area contributed by atoms with E-state index in [1.54, 1.807) is 31.4 Å². The monoisotopic (exact) mass is 436 g/mol. The molecule has 4 rings (SSSR count). The second kappa shape index (κ2) is 10.4. The summed E-state index contributed by atoms with van der Waals surface area (Å²) in [5, 5.41) is 6.46. The fraction of sp³-hybridized carbons (Fsp3) is 0.107. The van der Waals surface area contributed by atoms with E-state index in [1.165, 1.54) is 0 Å². The van der Waals surface area contributed by atoms with Gasteiger partial charge in [0.1, 0.15) is 5.75 Å². The van der Waals surface area contributed by atoms with Crippen LogP contribution in [0, 0.1) is 0 Å². The van der Waals surface area contributed by atoms with E-state index in [-0.39, 0.29) is 24.5 Å². The molecule has 0 fully saturated rings. The molecule has 1 N–H and O–H groups in total. The highest BCUT2D eigenvalue weighted by Crippen LogP contribution is 2.19. The molecule has 0 aliphatic heterocycles. The third-order valence-electron chi connectivity index (χ3n) is 5.39. The van der Waals surface area contributed by atoms with Crippen molar-refractivity contribution in [3.05, 3.63) is 114 Å². The van der Waals surface area contributed by atoms with Gasteiger partial charge in [-0.3, -0.25) is 9.59 Å². The third-order valence-corrected chi connectivity index (χ3v) is 5.39. The first-order valence-corrected chi connectivity index (χ1v) is 10.7. The predicted molar refractivity (Wildman–Crippen MR) is 131 cm³/mol. The second-order valence-corrected chi connectivity index (χ2v) is 7.60. The van der Waals surface area contributed by atoms with Crippen LogP contribution in [0.1, 0.15) is 27.9 Å². The Labute approximate surface area is 192 Å². The van der Waals surface area contributed by atoms with E-state index in [0.29, 0.717) is 17.0 Å². The summed E-state index contributed by atoms with van der Waals surface area (Å²) in [5.74, 6) is 0.351. The molecule has 164 valence electrons. The van der Waals surface area contributed by atoms with Gasteiger partial charge in [-0.2, -0.15) is 5.10 Å². The number of fused-ring (bicyclic) bond motifs is 1. The zero-order chi connectivity index (χ0) is 23.0. The molecule has 0 aliphatic carbocycles. The molecule has 0 heterocycles. The summed E-state index contributed by atoms with van der Waals surface area (Å²) in [6, 6.07) is 30.2. The molecule has 0 aliphatic rings. The lowest BCUT2D eigenvalue weighted by atomic mass is 10.0. The SMILES string of the molecule is COc1ccc(C(=O)C/C(=N\NC(=O)Cc2cccc3ccccc23)c2ccccc2)cc1. The van der Waals surface area contributed by atoms with Crippen molar-refractivity contribution in [3.8, 4) is 5.75 Å². The van der Waals surface area contributed by atoms with Gasteiger partial charge in [0, 0.05) is 5.56 Å². The second-order valence-electron chi connectivity index (χ2n) is 7.60. The lowest BCUT2D eigenvalue weighted by Crippen LogP contribution is -2.23. The molecule has 0 bridgehead atoms. The lowest BCUT2D eigenvalue weighted by Gasteiger charge is -2.09. The zero-order valence-electron chi connectivity index (χ0n) is 18.3. The number of ketones is 1. The first-order valence-electron chi connectivity index (χ1n) is 10.7. The molecule has 0 aromatic heterocycles. The highest BCUT2D eigenvalue weighted by Gasteiger charge is 2.14. The molecule has 4 aromatic rings. The molecule has 33 heavy (non-hydrogen) atoms. The van der Waals surface area contributed by atoms with Crippen molar-refractivity contribution in [2.75, 3.05) is 7.11 Å². The van der Waals surface area contributed by atoms with Crippen LogP contribution in [0.25, 0.3) is 10.8 Å². The molecule has 5 nitrogen and oxygen atoms in total. The van der Waals surface area contributed by atoms with E-state index in [2.05, 4.69) is 10.5 Å². The number of ether oxygens (including phenoxy) is 1. The lowest BCUT2D eigenvalue weighted by molar-refractivity contribution is -0.120. The first-order chi connectivity index (χ1) is 16.1. The Kier molecular flexibility index (Phi) is 6.90. The van der Waals surface area contributed by atoms with Crippen molar-refractivity contribution in [1.82, 2.24) is 5.43 Å². The van der Waals surface area contributed by atoms with Gasteiger partial charge in [0.25, 0.3) is 0 Å². The van der Waals surface area contributed by atoms with Crippen molar-refractivity contribution in [2.45, 2.75) is 12.8 Å². The Morgan fingerprint density at radius 2 is 1.48 bits per heavy atom. The van der Waals surface area contributed by atoms with Crippen LogP contribution >= 0.6 is 0 Å². The number of carbonyl (C=O) groups is 2. The summed E-state index contributed by atoms with van der Waals surface area (Å²) in [7, 11) is 1.58. The van der Waals surface area contributed by atoms with Crippen LogP contribution in [0.5, 0.6) is 5.75 Å². The van der Waals surface area contributed by atoms with Crippen molar-refractivity contribution in [1.29, 1.82) is 0 Å². The average Bonchev–Trinajstić information content (AvgIpc) is 2.87. The Bertz CT molecular complexity index is 1290. The van der Waals surface area contributed by atoms with Gasteiger partial charge in [0.15, 0.2) is 5.78 Å². The van der Waals surface area contributed by atoms with Gasteiger partial charge in [-0.15, -0.1) is 0 Å². The maximum atomic E-state index is 12.9. The Morgan fingerprint density at radius 3 is 2.24 bits per heavy atom. The Morgan fingerprint density at radius 1 is 0.788 bits per heavy atom. The highest BCUT2D eigenvalue weighted by molar-refractivity contribution is 6.16. The van der Waals surface area contributed by atoms with Crippen LogP contribution in [0.15, 0.2) is 102 Å². The number of methoxy groups -OCH3 is 1. The number of nitrogens with zero attached hydrogens (tertiary/aromatic N) is 1. The van der Waals surface area contributed by atoms with E-state index in [1.807, 2.05) is 72.8 Å². The number of hydrogen-bond donors (Lipinski definition) is 1. The van der Waals surface area contributed by atoms with Crippen LogP contribution in [0.4, 0.5) is 0 Å². The minimum absolute atomic E-state index is 0.0604. The topological polar surface area (TPSA) is 67.8 Å². The number of amides is 1. The van der Waals surface area contributed by atoms with Crippen molar-refractivity contribution in [3.63, 3.8) is 0 Å². The van der Waals surface area contributed by atoms with Crippen LogP contribution in [0.2, 0.25) is 0 Å². The fourth-order valence-corrected chi connectivity index (χ4v) is 3.66. The van der Waals surface area contributed by atoms with E-state index in [9.17, 15) is 9.59 Å². The number of hydrogen-bond acceptors (Lipinski definition) is 4. The van der Waals surface area contributed by atoms with Gasteiger partial charge in [0.2, 0.25) is 5.91 Å². The van der Waals surface area contributed by atoms with Gasteiger partial charge in [0.05, 0.1) is 25.7 Å². The quantitative estimate of drug-likeness (QED) is 0.235. The van der Waals surface area contributed by atoms with Crippen LogP contribution in [0.3, 0.4) is 0 Å². The van der Waals surface area contributed by atoms with E-state index >= 15 is 0 Å². The largest absolute Gasteiger partial charge is 0.497 e. The van der Waals surface area contributed by atoms with Gasteiger partial charge in [-0.25, -0.2) is 5.43 Å². The molecular formula is C28H24N2O3. The molecule has 4 aromatic carbocycles. The van der Waals surface area contributed by atoms with Gasteiger partial charge in [-0.1, -0.05) is 72.8 Å². The van der Waals surface area contributed by atoms with E-state index in [4.69, 9.17) is 4.74 Å². The van der Waals surface area contributed by atoms with Crippen LogP contribution in [-0.2, 0) is 11.2 Å². The fourth-order valence-electron chi connectivity index (χ4n) is 3.66. The van der Waals surface area contributed by atoms with Crippen LogP contribution in [-0.4, -0.2) is 24.5 Å². The molecule has 0 saturated heterocycles. The van der Waals surface area contributed by atoms with Crippen molar-refractivity contribution < 1.29 is 14.3 Å². The normalized spacial score (nSPS) is 11.2. The Balaban J connectivity index is 1.52. The summed E-state index contributed by atoms with van der Waals surface area (Å²) >= 11 is 0. The molecule has 0 radical (unpaired) electrons. The van der Waals surface area contributed by atoms with Gasteiger partial charge >= 0.3 is 0 Å². The average molecular weight is 437 g/mol. The molecule has 0 atom stereocenters. The standard InChI is InChI=1S/C28H24N2O3/c1-33-24-16-14-22(15-17-24)27(31)19-26(21-9-3-2-4-10-21)29-30-28(32)18-23-12-7-11-20-8-5-6-13-25(20)23/h2-17H,18-19H2,1H3,(H,30,32)/b29-26+. The van der Waals surface area contributed by atoms with Crippen molar-refractivity contribution in [2.24, 2.45) is 5.10 Å². The molecular weight excluding hydrogens is 412 g/mol. The summed E-state index contributed by atoms with van der Waals surface area (Å²) in [6.07, 6.45) is 0.254. The number of hydrazone groups is 1. The minimum atomic E-state index is -0.239. The summed E-state index contributed by atoms with van der Waals surface area (Å²) in [4.78, 5) is 25.6. The number of benzene rings is 4. The molecule has 0 spiro atoms. The summed E-state index contributed by atoms with van der Waals surface area (Å²) < 4.78 is 5.16. The molecule has 0 unspecified atom stereocenters. The maximum absolute atomic E-state index is 12.9. The number of rotatable bonds is 8. The van der Waals surface area contributed by atoms with E-state index < -0.39 is 0 Å². The summed E-state index contributed by atoms with van der Waals surface area (Å²) in [6.45, 7) is 0.